The Hall–Kier alpha value is -1.97. The van der Waals surface area contributed by atoms with Gasteiger partial charge >= 0.3 is 0 Å². The van der Waals surface area contributed by atoms with E-state index in [4.69, 9.17) is 0 Å². The lowest BCUT2D eigenvalue weighted by Crippen LogP contribution is -2.08. The van der Waals surface area contributed by atoms with Crippen molar-refractivity contribution in [1.29, 1.82) is 0 Å². The second kappa shape index (κ2) is 5.99. The van der Waals surface area contributed by atoms with Crippen LogP contribution in [0.25, 0.3) is 11.4 Å². The molecule has 0 saturated carbocycles. The fourth-order valence-corrected chi connectivity index (χ4v) is 2.00. The molecule has 1 aromatic heterocycles. The molecule has 2 aromatic rings. The average Bonchev–Trinajstić information content (AvgIpc) is 2.43. The Kier molecular flexibility index (Phi) is 4.32. The van der Waals surface area contributed by atoms with Crippen LogP contribution in [0.1, 0.15) is 30.2 Å². The zero-order valence-electron chi connectivity index (χ0n) is 12.4. The minimum atomic E-state index is -0.268. The number of anilines is 1. The molecule has 0 amide bonds. The number of hydrogen-bond donors (Lipinski definition) is 1. The van der Waals surface area contributed by atoms with Gasteiger partial charge in [-0.05, 0) is 44.9 Å². The third kappa shape index (κ3) is 2.95. The van der Waals surface area contributed by atoms with E-state index in [0.717, 1.165) is 41.2 Å². The second-order valence-corrected chi connectivity index (χ2v) is 4.99. The van der Waals surface area contributed by atoms with Crippen LogP contribution in [0.3, 0.4) is 0 Å². The van der Waals surface area contributed by atoms with Crippen LogP contribution in [0.15, 0.2) is 18.2 Å². The van der Waals surface area contributed by atoms with E-state index < -0.39 is 0 Å². The summed E-state index contributed by atoms with van der Waals surface area (Å²) in [5.41, 5.74) is 3.66. The Bertz CT molecular complexity index is 623. The third-order valence-electron chi connectivity index (χ3n) is 3.37. The van der Waals surface area contributed by atoms with E-state index in [1.54, 1.807) is 6.07 Å². The van der Waals surface area contributed by atoms with Crippen LogP contribution in [0.5, 0.6) is 0 Å². The molecule has 106 valence electrons. The van der Waals surface area contributed by atoms with Gasteiger partial charge in [-0.15, -0.1) is 0 Å². The van der Waals surface area contributed by atoms with Crippen LogP contribution in [-0.2, 0) is 0 Å². The van der Waals surface area contributed by atoms with E-state index in [-0.39, 0.29) is 5.82 Å². The summed E-state index contributed by atoms with van der Waals surface area (Å²) in [6.45, 7) is 8.85. The van der Waals surface area contributed by atoms with Crippen molar-refractivity contribution in [2.24, 2.45) is 0 Å². The van der Waals surface area contributed by atoms with Crippen molar-refractivity contribution in [2.75, 3.05) is 11.9 Å². The van der Waals surface area contributed by atoms with Crippen LogP contribution in [0.4, 0.5) is 10.2 Å². The summed E-state index contributed by atoms with van der Waals surface area (Å²) in [6.07, 6.45) is 1.02. The summed E-state index contributed by atoms with van der Waals surface area (Å²) in [5.74, 6) is 1.14. The second-order valence-electron chi connectivity index (χ2n) is 4.99. The molecule has 0 aliphatic rings. The van der Waals surface area contributed by atoms with Gasteiger partial charge in [0.15, 0.2) is 5.82 Å². The maximum atomic E-state index is 13.4. The monoisotopic (exact) mass is 273 g/mol. The normalized spacial score (nSPS) is 10.7. The van der Waals surface area contributed by atoms with Crippen LogP contribution < -0.4 is 5.32 Å². The van der Waals surface area contributed by atoms with Gasteiger partial charge in [-0.3, -0.25) is 0 Å². The largest absolute Gasteiger partial charge is 0.370 e. The lowest BCUT2D eigenvalue weighted by atomic mass is 10.1. The van der Waals surface area contributed by atoms with Gasteiger partial charge in [-0.25, -0.2) is 14.4 Å². The molecule has 0 fully saturated rings. The summed E-state index contributed by atoms with van der Waals surface area (Å²) < 4.78 is 13.4. The molecule has 3 nitrogen and oxygen atoms in total. The highest BCUT2D eigenvalue weighted by Crippen LogP contribution is 2.25. The predicted octanol–water partition coefficient (Wildman–Crippen LogP) is 4.03. The first-order valence-corrected chi connectivity index (χ1v) is 6.88. The lowest BCUT2D eigenvalue weighted by Gasteiger charge is -2.13. The summed E-state index contributed by atoms with van der Waals surface area (Å²) in [5, 5.41) is 3.30. The fraction of sp³-hybridized carbons (Fsp3) is 0.375. The molecule has 0 bridgehead atoms. The molecule has 0 radical (unpaired) electrons. The van der Waals surface area contributed by atoms with Crippen LogP contribution in [0.2, 0.25) is 0 Å². The van der Waals surface area contributed by atoms with Gasteiger partial charge in [0.2, 0.25) is 0 Å². The summed E-state index contributed by atoms with van der Waals surface area (Å²) in [7, 11) is 0. The first kappa shape index (κ1) is 14.4. The van der Waals surface area contributed by atoms with Crippen molar-refractivity contribution < 1.29 is 4.39 Å². The number of nitrogens with one attached hydrogen (secondary N) is 1. The van der Waals surface area contributed by atoms with Crippen LogP contribution in [0, 0.1) is 26.6 Å². The third-order valence-corrected chi connectivity index (χ3v) is 3.37. The molecule has 2 rings (SSSR count). The molecule has 1 aromatic carbocycles. The molecule has 1 heterocycles. The van der Waals surface area contributed by atoms with Crippen LogP contribution in [-0.4, -0.2) is 16.5 Å². The van der Waals surface area contributed by atoms with Crippen molar-refractivity contribution in [3.05, 3.63) is 40.8 Å². The molecule has 0 spiro atoms. The molecule has 1 N–H and O–H groups in total. The number of halogens is 1. The molecule has 0 atom stereocenters. The van der Waals surface area contributed by atoms with Gasteiger partial charge in [0.25, 0.3) is 0 Å². The summed E-state index contributed by atoms with van der Waals surface area (Å²) in [4.78, 5) is 9.05. The lowest BCUT2D eigenvalue weighted by molar-refractivity contribution is 0.627. The summed E-state index contributed by atoms with van der Waals surface area (Å²) in [6, 6.07) is 4.70. The SMILES string of the molecule is CCCNc1nc(-c2cc(F)ccc2C)nc(C)c1C. The molecule has 0 aliphatic carbocycles. The molecular formula is C16H20FN3. The molecule has 20 heavy (non-hydrogen) atoms. The van der Waals surface area contributed by atoms with Gasteiger partial charge in [-0.1, -0.05) is 13.0 Å². The van der Waals surface area contributed by atoms with E-state index in [0.29, 0.717) is 5.82 Å². The van der Waals surface area contributed by atoms with Gasteiger partial charge in [-0.2, -0.15) is 0 Å². The zero-order valence-corrected chi connectivity index (χ0v) is 12.4. The number of aryl methyl sites for hydroxylation is 2. The highest BCUT2D eigenvalue weighted by molar-refractivity contribution is 5.63. The van der Waals surface area contributed by atoms with Crippen molar-refractivity contribution in [3.63, 3.8) is 0 Å². The van der Waals surface area contributed by atoms with Crippen molar-refractivity contribution in [2.45, 2.75) is 34.1 Å². The fourth-order valence-electron chi connectivity index (χ4n) is 2.00. The quantitative estimate of drug-likeness (QED) is 0.914. The van der Waals surface area contributed by atoms with E-state index in [9.17, 15) is 4.39 Å². The Morgan fingerprint density at radius 3 is 2.60 bits per heavy atom. The van der Waals surface area contributed by atoms with E-state index in [1.807, 2.05) is 20.8 Å². The highest BCUT2D eigenvalue weighted by Gasteiger charge is 2.11. The molecule has 0 saturated heterocycles. The standard InChI is InChI=1S/C16H20FN3/c1-5-8-18-15-11(3)12(4)19-16(20-15)14-9-13(17)7-6-10(14)2/h6-7,9H,5,8H2,1-4H3,(H,18,19,20). The molecule has 0 aliphatic heterocycles. The number of nitrogens with zero attached hydrogens (tertiary/aromatic N) is 2. The number of aromatic nitrogens is 2. The Morgan fingerprint density at radius 2 is 1.90 bits per heavy atom. The zero-order chi connectivity index (χ0) is 14.7. The number of benzene rings is 1. The van der Waals surface area contributed by atoms with Gasteiger partial charge in [0.05, 0.1) is 0 Å². The van der Waals surface area contributed by atoms with Crippen LogP contribution >= 0.6 is 0 Å². The highest BCUT2D eigenvalue weighted by atomic mass is 19.1. The molecule has 4 heteroatoms. The van der Waals surface area contributed by atoms with E-state index >= 15 is 0 Å². The molecule has 0 unspecified atom stereocenters. The Labute approximate surface area is 119 Å². The molecular weight excluding hydrogens is 253 g/mol. The minimum Gasteiger partial charge on any atom is -0.370 e. The Balaban J connectivity index is 2.51. The Morgan fingerprint density at radius 1 is 1.15 bits per heavy atom. The smallest absolute Gasteiger partial charge is 0.162 e. The maximum Gasteiger partial charge on any atom is 0.162 e. The van der Waals surface area contributed by atoms with E-state index in [2.05, 4.69) is 22.2 Å². The van der Waals surface area contributed by atoms with E-state index in [1.165, 1.54) is 12.1 Å². The van der Waals surface area contributed by atoms with Crippen molar-refractivity contribution >= 4 is 5.82 Å². The topological polar surface area (TPSA) is 37.8 Å². The average molecular weight is 273 g/mol. The van der Waals surface area contributed by atoms with Gasteiger partial charge in [0, 0.05) is 23.4 Å². The minimum absolute atomic E-state index is 0.268. The van der Waals surface area contributed by atoms with Crippen molar-refractivity contribution in [3.8, 4) is 11.4 Å². The maximum absolute atomic E-state index is 13.4. The first-order valence-electron chi connectivity index (χ1n) is 6.88. The number of hydrogen-bond acceptors (Lipinski definition) is 3. The van der Waals surface area contributed by atoms with Gasteiger partial charge in [0.1, 0.15) is 11.6 Å². The van der Waals surface area contributed by atoms with Crippen molar-refractivity contribution in [1.82, 2.24) is 9.97 Å². The predicted molar refractivity (Wildman–Crippen MR) is 80.4 cm³/mol. The summed E-state index contributed by atoms with van der Waals surface area (Å²) >= 11 is 0. The first-order chi connectivity index (χ1) is 9.52. The number of rotatable bonds is 4. The van der Waals surface area contributed by atoms with Gasteiger partial charge < -0.3 is 5.32 Å².